The van der Waals surface area contributed by atoms with Crippen molar-refractivity contribution in [2.75, 3.05) is 6.26 Å². The Labute approximate surface area is 181 Å². The molecule has 1 N–H and O–H groups in total. The number of aromatic nitrogens is 4. The Balaban J connectivity index is 1.72. The van der Waals surface area contributed by atoms with E-state index in [4.69, 9.17) is 4.11 Å². The predicted octanol–water partition coefficient (Wildman–Crippen LogP) is 2.85. The summed E-state index contributed by atoms with van der Waals surface area (Å²) >= 11 is 0. The van der Waals surface area contributed by atoms with Crippen LogP contribution in [0.15, 0.2) is 66.2 Å². The number of carbonyl (C=O) groups excluding carboxylic acids is 1. The summed E-state index contributed by atoms with van der Waals surface area (Å²) in [5, 5.41) is 6.81. The van der Waals surface area contributed by atoms with Gasteiger partial charge in [0, 0.05) is 28.1 Å². The molecule has 31 heavy (non-hydrogen) atoms. The largest absolute Gasteiger partial charge is 0.345 e. The van der Waals surface area contributed by atoms with Crippen molar-refractivity contribution in [1.82, 2.24) is 25.1 Å². The number of hydrogen-bond acceptors (Lipinski definition) is 6. The minimum absolute atomic E-state index is 0.0610. The molecular weight excluding hydrogens is 421 g/mol. The van der Waals surface area contributed by atoms with E-state index in [1.54, 1.807) is 0 Å². The third-order valence-corrected chi connectivity index (χ3v) is 5.54. The van der Waals surface area contributed by atoms with Gasteiger partial charge in [0.2, 0.25) is 0 Å². The number of pyridine rings is 2. The highest BCUT2D eigenvalue weighted by Gasteiger charge is 2.18. The van der Waals surface area contributed by atoms with Gasteiger partial charge in [-0.05, 0) is 48.8 Å². The van der Waals surface area contributed by atoms with Crippen LogP contribution in [0.2, 0.25) is 0 Å². The summed E-state index contributed by atoms with van der Waals surface area (Å²) in [5.74, 6) is -1.15. The third-order valence-electron chi connectivity index (χ3n) is 4.56. The first kappa shape index (κ1) is 17.1. The van der Waals surface area contributed by atoms with Gasteiger partial charge in [0.25, 0.3) is 5.91 Å². The highest BCUT2D eigenvalue weighted by molar-refractivity contribution is 7.90. The van der Waals surface area contributed by atoms with Crippen LogP contribution in [-0.4, -0.2) is 40.3 Å². The molecule has 10 heteroatoms. The molecule has 0 spiro atoms. The number of carbonyl (C=O) groups is 1. The lowest BCUT2D eigenvalue weighted by atomic mass is 10.1. The van der Waals surface area contributed by atoms with Gasteiger partial charge in [-0.25, -0.2) is 22.5 Å². The summed E-state index contributed by atoms with van der Waals surface area (Å²) in [6, 6.07) is 6.52. The van der Waals surface area contributed by atoms with Crippen molar-refractivity contribution < 1.29 is 21.7 Å². The maximum atomic E-state index is 13.3. The molecule has 1 atom stereocenters. The highest BCUT2D eigenvalue weighted by atomic mass is 32.2. The average molecular weight is 442 g/mol. The molecule has 0 aliphatic carbocycles. The molecule has 4 rings (SSSR count). The molecule has 0 aliphatic heterocycles. The zero-order valence-electron chi connectivity index (χ0n) is 19.2. The Morgan fingerprint density at radius 1 is 1.19 bits per heavy atom. The second kappa shape index (κ2) is 7.88. The van der Waals surface area contributed by atoms with Gasteiger partial charge in [-0.15, -0.1) is 0 Å². The van der Waals surface area contributed by atoms with E-state index in [0.29, 0.717) is 16.6 Å². The number of nitrogens with one attached hydrogen (secondary N) is 1. The molecule has 3 aromatic heterocycles. The van der Waals surface area contributed by atoms with E-state index in [1.165, 1.54) is 59.8 Å². The predicted molar refractivity (Wildman–Crippen MR) is 112 cm³/mol. The van der Waals surface area contributed by atoms with E-state index in [0.717, 1.165) is 12.3 Å². The van der Waals surface area contributed by atoms with Gasteiger partial charge < -0.3 is 5.32 Å². The summed E-state index contributed by atoms with van der Waals surface area (Å²) in [7, 11) is -3.69. The second-order valence-corrected chi connectivity index (χ2v) is 8.72. The first-order chi connectivity index (χ1) is 15.9. The molecule has 0 radical (unpaired) electrons. The molecule has 0 bridgehead atoms. The number of benzene rings is 1. The molecule has 8 nitrogen and oxygen atoms in total. The molecule has 1 aromatic carbocycles. The Hall–Kier alpha value is -3.66. The lowest BCUT2D eigenvalue weighted by Crippen LogP contribution is -2.27. The molecule has 1 amide bonds. The molecule has 4 aromatic rings. The van der Waals surface area contributed by atoms with Crippen LogP contribution in [0.3, 0.4) is 0 Å². The topological polar surface area (TPSA) is 107 Å². The van der Waals surface area contributed by atoms with Crippen molar-refractivity contribution in [2.24, 2.45) is 0 Å². The number of amides is 1. The van der Waals surface area contributed by atoms with Gasteiger partial charge in [-0.1, -0.05) is 0 Å². The number of fused-ring (bicyclic) bond motifs is 1. The van der Waals surface area contributed by atoms with Gasteiger partial charge in [-0.2, -0.15) is 5.10 Å². The SMILES string of the molecule is [2H]C([2H])([2H])[C@H](NC(=O)c1cncc2c1cnn2-c1ccc(F)cc1)c1ccnc(S(C)(=O)=O)c1. The van der Waals surface area contributed by atoms with E-state index >= 15 is 0 Å². The van der Waals surface area contributed by atoms with Crippen molar-refractivity contribution in [3.63, 3.8) is 0 Å². The van der Waals surface area contributed by atoms with Crippen molar-refractivity contribution >= 4 is 26.6 Å². The third kappa shape index (κ3) is 4.15. The Morgan fingerprint density at radius 2 is 1.97 bits per heavy atom. The summed E-state index contributed by atoms with van der Waals surface area (Å²) < 4.78 is 62.1. The van der Waals surface area contributed by atoms with E-state index in [-0.39, 0.29) is 16.2 Å². The quantitative estimate of drug-likeness (QED) is 0.509. The van der Waals surface area contributed by atoms with Crippen LogP contribution in [0.5, 0.6) is 0 Å². The summed E-state index contributed by atoms with van der Waals surface area (Å²) in [4.78, 5) is 21.0. The number of nitrogens with zero attached hydrogens (tertiary/aromatic N) is 4. The molecule has 158 valence electrons. The summed E-state index contributed by atoms with van der Waals surface area (Å²) in [6.07, 6.45) is 6.30. The fourth-order valence-electron chi connectivity index (χ4n) is 3.01. The van der Waals surface area contributed by atoms with Crippen LogP contribution in [-0.2, 0) is 9.84 Å². The zero-order valence-corrected chi connectivity index (χ0v) is 17.0. The Kier molecular flexibility index (Phi) is 4.34. The van der Waals surface area contributed by atoms with Crippen molar-refractivity contribution in [2.45, 2.75) is 17.9 Å². The fraction of sp³-hybridized carbons (Fsp3) is 0.143. The van der Waals surface area contributed by atoms with Gasteiger partial charge in [0.05, 0.1) is 35.2 Å². The van der Waals surface area contributed by atoms with Gasteiger partial charge >= 0.3 is 0 Å². The molecule has 0 saturated heterocycles. The molecule has 0 saturated carbocycles. The lowest BCUT2D eigenvalue weighted by Gasteiger charge is -2.15. The maximum Gasteiger partial charge on any atom is 0.254 e. The number of rotatable bonds is 5. The van der Waals surface area contributed by atoms with Gasteiger partial charge in [0.15, 0.2) is 14.9 Å². The number of hydrogen-bond donors (Lipinski definition) is 1. The lowest BCUT2D eigenvalue weighted by molar-refractivity contribution is 0.0941. The van der Waals surface area contributed by atoms with Crippen molar-refractivity contribution in [3.05, 3.63) is 78.1 Å². The van der Waals surface area contributed by atoms with Crippen LogP contribution in [0, 0.1) is 5.82 Å². The van der Waals surface area contributed by atoms with Gasteiger partial charge in [-0.3, -0.25) is 9.78 Å². The summed E-state index contributed by atoms with van der Waals surface area (Å²) in [5.41, 5.74) is 1.12. The summed E-state index contributed by atoms with van der Waals surface area (Å²) in [6.45, 7) is -2.69. The first-order valence-electron chi connectivity index (χ1n) is 10.5. The second-order valence-electron chi connectivity index (χ2n) is 6.76. The van der Waals surface area contributed by atoms with E-state index in [9.17, 15) is 17.6 Å². The molecule has 0 unspecified atom stereocenters. The smallest absolute Gasteiger partial charge is 0.254 e. The van der Waals surface area contributed by atoms with Gasteiger partial charge in [0.1, 0.15) is 5.82 Å². The van der Waals surface area contributed by atoms with Crippen LogP contribution in [0.1, 0.15) is 32.9 Å². The molecule has 0 fully saturated rings. The Morgan fingerprint density at radius 3 is 2.68 bits per heavy atom. The van der Waals surface area contributed by atoms with Crippen molar-refractivity contribution in [3.8, 4) is 5.69 Å². The normalized spacial score (nSPS) is 14.5. The monoisotopic (exact) mass is 442 g/mol. The number of halogens is 1. The minimum atomic E-state index is -3.69. The maximum absolute atomic E-state index is 13.3. The number of sulfone groups is 1. The Bertz CT molecular complexity index is 1490. The van der Waals surface area contributed by atoms with Crippen LogP contribution >= 0.6 is 0 Å². The van der Waals surface area contributed by atoms with Crippen LogP contribution in [0.25, 0.3) is 16.6 Å². The standard InChI is InChI=1S/C21H18FN5O3S/c1-13(14-7-8-24-20(9-14)31(2,29)30)26-21(28)18-10-23-12-19-17(18)11-25-27(19)16-5-3-15(22)4-6-16/h3-13H,1-2H3,(H,26,28)/t13-/m0/s1/i1D3. The van der Waals surface area contributed by atoms with E-state index < -0.39 is 34.5 Å². The van der Waals surface area contributed by atoms with E-state index in [1.807, 2.05) is 0 Å². The zero-order chi connectivity index (χ0) is 24.7. The van der Waals surface area contributed by atoms with Crippen molar-refractivity contribution in [1.29, 1.82) is 0 Å². The van der Waals surface area contributed by atoms with Crippen LogP contribution < -0.4 is 5.32 Å². The highest BCUT2D eigenvalue weighted by Crippen LogP contribution is 2.22. The minimum Gasteiger partial charge on any atom is -0.345 e. The average Bonchev–Trinajstić information content (AvgIpc) is 3.21. The first-order valence-corrected chi connectivity index (χ1v) is 10.9. The van der Waals surface area contributed by atoms with E-state index in [2.05, 4.69) is 20.4 Å². The molecule has 0 aliphatic rings. The molecular formula is C21H18FN5O3S. The molecule has 3 heterocycles. The van der Waals surface area contributed by atoms with Crippen LogP contribution in [0.4, 0.5) is 4.39 Å². The fourth-order valence-corrected chi connectivity index (χ4v) is 3.61.